The molecule has 86 valence electrons. The van der Waals surface area contributed by atoms with Crippen molar-refractivity contribution < 1.29 is 9.90 Å². The minimum absolute atomic E-state index is 0.556. The van der Waals surface area contributed by atoms with Gasteiger partial charge in [0.25, 0.3) is 0 Å². The fraction of sp³-hybridized carbons (Fsp3) is 0.909. The van der Waals surface area contributed by atoms with Gasteiger partial charge in [-0.2, -0.15) is 0 Å². The maximum atomic E-state index is 11.1. The van der Waals surface area contributed by atoms with Crippen molar-refractivity contribution >= 4 is 13.8 Å². The standard InChI is InChI=1S/C11H22BNO2/c1-4-5-7-11(12,10(14)15)8-6-9-13(2)3/h4-9H2,1-3H3,(H,14,15). The highest BCUT2D eigenvalue weighted by Crippen LogP contribution is 2.34. The number of hydrogen-bond acceptors (Lipinski definition) is 2. The number of aliphatic carboxylic acids is 1. The maximum Gasteiger partial charge on any atom is 0.300 e. The first-order valence-electron chi connectivity index (χ1n) is 5.59. The first-order chi connectivity index (χ1) is 6.92. The highest BCUT2D eigenvalue weighted by Gasteiger charge is 2.30. The summed E-state index contributed by atoms with van der Waals surface area (Å²) in [6.45, 7) is 2.93. The van der Waals surface area contributed by atoms with Crippen LogP contribution in [0.1, 0.15) is 39.0 Å². The summed E-state index contributed by atoms with van der Waals surface area (Å²) in [7, 11) is 9.85. The molecule has 0 aliphatic heterocycles. The Hall–Kier alpha value is -0.505. The van der Waals surface area contributed by atoms with E-state index in [1.165, 1.54) is 0 Å². The van der Waals surface area contributed by atoms with Crippen LogP contribution < -0.4 is 0 Å². The molecule has 3 nitrogen and oxygen atoms in total. The van der Waals surface area contributed by atoms with E-state index in [2.05, 4.69) is 0 Å². The molecule has 1 unspecified atom stereocenters. The van der Waals surface area contributed by atoms with Crippen LogP contribution in [0.3, 0.4) is 0 Å². The van der Waals surface area contributed by atoms with Crippen molar-refractivity contribution in [3.63, 3.8) is 0 Å². The molecule has 0 amide bonds. The summed E-state index contributed by atoms with van der Waals surface area (Å²) >= 11 is 0. The van der Waals surface area contributed by atoms with Gasteiger partial charge >= 0.3 is 5.97 Å². The van der Waals surface area contributed by atoms with Gasteiger partial charge in [0.2, 0.25) is 0 Å². The van der Waals surface area contributed by atoms with E-state index in [1.54, 1.807) is 0 Å². The maximum absolute atomic E-state index is 11.1. The number of carbonyl (C=O) groups is 1. The third-order valence-electron chi connectivity index (χ3n) is 2.63. The average Bonchev–Trinajstić information content (AvgIpc) is 2.14. The van der Waals surface area contributed by atoms with Crippen molar-refractivity contribution in [3.8, 4) is 0 Å². The highest BCUT2D eigenvalue weighted by molar-refractivity contribution is 6.26. The lowest BCUT2D eigenvalue weighted by Gasteiger charge is -2.25. The number of carboxylic acid groups (broad SMARTS) is 1. The monoisotopic (exact) mass is 211 g/mol. The second kappa shape index (κ2) is 6.88. The molecular weight excluding hydrogens is 189 g/mol. The zero-order chi connectivity index (χ0) is 11.9. The normalized spacial score (nSPS) is 15.2. The molecule has 0 heterocycles. The van der Waals surface area contributed by atoms with Crippen molar-refractivity contribution in [2.75, 3.05) is 20.6 Å². The van der Waals surface area contributed by atoms with E-state index >= 15 is 0 Å². The van der Waals surface area contributed by atoms with Gasteiger partial charge in [0.1, 0.15) is 0 Å². The molecule has 0 aromatic rings. The number of unbranched alkanes of at least 4 members (excludes halogenated alkanes) is 1. The Kier molecular flexibility index (Phi) is 6.65. The quantitative estimate of drug-likeness (QED) is 0.623. The number of carboxylic acids is 1. The van der Waals surface area contributed by atoms with E-state index < -0.39 is 11.3 Å². The molecule has 1 atom stereocenters. The molecule has 0 aromatic carbocycles. The van der Waals surface area contributed by atoms with Crippen LogP contribution >= 0.6 is 0 Å². The first-order valence-corrected chi connectivity index (χ1v) is 5.59. The molecule has 2 radical (unpaired) electrons. The summed E-state index contributed by atoms with van der Waals surface area (Å²) in [4.78, 5) is 13.1. The van der Waals surface area contributed by atoms with Gasteiger partial charge < -0.3 is 10.0 Å². The molecule has 15 heavy (non-hydrogen) atoms. The van der Waals surface area contributed by atoms with Gasteiger partial charge in [-0.05, 0) is 39.9 Å². The van der Waals surface area contributed by atoms with Crippen LogP contribution in [-0.4, -0.2) is 44.5 Å². The highest BCUT2D eigenvalue weighted by atomic mass is 16.4. The Morgan fingerprint density at radius 1 is 1.33 bits per heavy atom. The molecule has 0 saturated heterocycles. The van der Waals surface area contributed by atoms with Crippen molar-refractivity contribution in [2.24, 2.45) is 0 Å². The third-order valence-corrected chi connectivity index (χ3v) is 2.63. The predicted octanol–water partition coefficient (Wildman–Crippen LogP) is 1.93. The van der Waals surface area contributed by atoms with Gasteiger partial charge in [0.15, 0.2) is 0 Å². The molecule has 0 rings (SSSR count). The van der Waals surface area contributed by atoms with Crippen molar-refractivity contribution in [2.45, 2.75) is 44.3 Å². The number of rotatable bonds is 8. The van der Waals surface area contributed by atoms with Crippen LogP contribution in [0.15, 0.2) is 0 Å². The fourth-order valence-corrected chi connectivity index (χ4v) is 1.54. The Morgan fingerprint density at radius 2 is 1.87 bits per heavy atom. The fourth-order valence-electron chi connectivity index (χ4n) is 1.54. The van der Waals surface area contributed by atoms with Crippen LogP contribution in [0.4, 0.5) is 0 Å². The van der Waals surface area contributed by atoms with Crippen LogP contribution in [0, 0.1) is 0 Å². The predicted molar refractivity (Wildman–Crippen MR) is 63.4 cm³/mol. The Labute approximate surface area is 94.3 Å². The summed E-state index contributed by atoms with van der Waals surface area (Å²) in [5, 5.41) is 8.06. The molecule has 1 N–H and O–H groups in total. The summed E-state index contributed by atoms with van der Waals surface area (Å²) in [5.74, 6) is -0.866. The van der Waals surface area contributed by atoms with Crippen molar-refractivity contribution in [3.05, 3.63) is 0 Å². The molecule has 0 aromatic heterocycles. The summed E-state index contributed by atoms with van der Waals surface area (Å²) in [5.41, 5.74) is 0. The number of hydrogen-bond donors (Lipinski definition) is 1. The summed E-state index contributed by atoms with van der Waals surface area (Å²) in [6.07, 6.45) is 3.83. The van der Waals surface area contributed by atoms with E-state index in [4.69, 9.17) is 13.0 Å². The summed E-state index contributed by atoms with van der Waals surface area (Å²) in [6, 6.07) is 0. The summed E-state index contributed by atoms with van der Waals surface area (Å²) < 4.78 is 0. The van der Waals surface area contributed by atoms with Gasteiger partial charge in [-0.15, -0.1) is 0 Å². The molecule has 0 aliphatic rings. The van der Waals surface area contributed by atoms with E-state index in [0.29, 0.717) is 12.8 Å². The first kappa shape index (κ1) is 14.5. The molecule has 0 saturated carbocycles. The lowest BCUT2D eigenvalue weighted by molar-refractivity contribution is -0.141. The van der Waals surface area contributed by atoms with E-state index in [-0.39, 0.29) is 0 Å². The molecule has 0 aliphatic carbocycles. The smallest absolute Gasteiger partial charge is 0.300 e. The minimum Gasteiger partial charge on any atom is -0.481 e. The van der Waals surface area contributed by atoms with Crippen LogP contribution in [0.5, 0.6) is 0 Å². The molecular formula is C11H22BNO2. The largest absolute Gasteiger partial charge is 0.481 e. The second-order valence-corrected chi connectivity index (χ2v) is 4.47. The lowest BCUT2D eigenvalue weighted by Crippen LogP contribution is -2.25. The van der Waals surface area contributed by atoms with E-state index in [1.807, 2.05) is 25.9 Å². The zero-order valence-electron chi connectivity index (χ0n) is 10.1. The molecule has 0 bridgehead atoms. The Morgan fingerprint density at radius 3 is 2.27 bits per heavy atom. The van der Waals surface area contributed by atoms with Gasteiger partial charge in [-0.25, -0.2) is 0 Å². The van der Waals surface area contributed by atoms with Crippen LogP contribution in [0.25, 0.3) is 0 Å². The van der Waals surface area contributed by atoms with E-state index in [9.17, 15) is 4.79 Å². The third kappa shape index (κ3) is 5.83. The topological polar surface area (TPSA) is 40.5 Å². The van der Waals surface area contributed by atoms with Crippen molar-refractivity contribution in [1.82, 2.24) is 4.90 Å². The molecule has 4 heteroatoms. The van der Waals surface area contributed by atoms with Crippen LogP contribution in [0.2, 0.25) is 5.31 Å². The van der Waals surface area contributed by atoms with Gasteiger partial charge in [-0.1, -0.05) is 19.8 Å². The zero-order valence-corrected chi connectivity index (χ0v) is 10.1. The Bertz CT molecular complexity index is 197. The van der Waals surface area contributed by atoms with Crippen molar-refractivity contribution in [1.29, 1.82) is 0 Å². The van der Waals surface area contributed by atoms with Gasteiger partial charge in [-0.3, -0.25) is 4.79 Å². The van der Waals surface area contributed by atoms with Gasteiger partial charge in [0, 0.05) is 5.31 Å². The average molecular weight is 211 g/mol. The van der Waals surface area contributed by atoms with Crippen LogP contribution in [-0.2, 0) is 4.79 Å². The lowest BCUT2D eigenvalue weighted by atomic mass is 9.63. The number of nitrogens with zero attached hydrogens (tertiary/aromatic N) is 1. The SMILES string of the molecule is [B]C(CCCC)(CCCN(C)C)C(=O)O. The minimum atomic E-state index is -1.02. The second-order valence-electron chi connectivity index (χ2n) is 4.47. The Balaban J connectivity index is 4.07. The van der Waals surface area contributed by atoms with E-state index in [0.717, 1.165) is 25.8 Å². The molecule has 0 spiro atoms. The van der Waals surface area contributed by atoms with Gasteiger partial charge in [0.05, 0.1) is 7.85 Å². The molecule has 0 fully saturated rings.